The first-order valence-corrected chi connectivity index (χ1v) is 11.3. The van der Waals surface area contributed by atoms with Crippen molar-refractivity contribution in [2.45, 2.75) is 47.7 Å². The van der Waals surface area contributed by atoms with Gasteiger partial charge in [0.2, 0.25) is 0 Å². The van der Waals surface area contributed by atoms with E-state index in [9.17, 15) is 23.1 Å². The number of hydrogen-bond acceptors (Lipinski definition) is 6. The molecule has 1 aliphatic carbocycles. The second-order valence-electron chi connectivity index (χ2n) is 8.19. The van der Waals surface area contributed by atoms with E-state index in [1.807, 2.05) is 0 Å². The number of nitrogens with one attached hydrogen (secondary N) is 1. The Hall–Kier alpha value is -2.27. The number of likely N-dealkylation sites (N-methyl/N-ethyl adjacent to an activating group) is 1. The van der Waals surface area contributed by atoms with E-state index in [0.717, 1.165) is 0 Å². The van der Waals surface area contributed by atoms with Gasteiger partial charge in [-0.3, -0.25) is 4.72 Å². The number of rotatable bonds is 6. The molecule has 2 aromatic carbocycles. The molecule has 33 heavy (non-hydrogen) atoms. The molecule has 2 aromatic rings. The fourth-order valence-corrected chi connectivity index (χ4v) is 5.82. The van der Waals surface area contributed by atoms with Crippen molar-refractivity contribution < 1.29 is 32.5 Å². The third-order valence-corrected chi connectivity index (χ3v) is 7.78. The first kappa shape index (κ1) is 23.9. The van der Waals surface area contributed by atoms with Gasteiger partial charge in [0.1, 0.15) is 12.1 Å². The number of nitrogens with zero attached hydrogens (tertiary/aromatic N) is 1. The Morgan fingerprint density at radius 2 is 1.64 bits per heavy atom. The second-order valence-corrected chi connectivity index (χ2v) is 9.24. The molecule has 0 bridgehead atoms. The number of halogens is 3. The molecule has 2 N–H and O–H groups in total. The normalized spacial score (nSPS) is 27.9. The second kappa shape index (κ2) is 9.17. The molecule has 0 radical (unpaired) electrons. The summed E-state index contributed by atoms with van der Waals surface area (Å²) in [7, 11) is 3.02. The first-order valence-electron chi connectivity index (χ1n) is 10.5. The predicted molar refractivity (Wildman–Crippen MR) is 117 cm³/mol. The van der Waals surface area contributed by atoms with Gasteiger partial charge >= 0.3 is 12.3 Å². The SMILES string of the molecule is CO[C@H]1C[C@H](NSC(c2ccccc2)(c2ccccc2)C(F)(F)F)[C@@H](O)[C@@H]2OC(=O)N(C)[C@@H]21. The van der Waals surface area contributed by atoms with Crippen molar-refractivity contribution in [1.29, 1.82) is 0 Å². The highest BCUT2D eigenvalue weighted by atomic mass is 32.2. The fourth-order valence-electron chi connectivity index (χ4n) is 4.64. The van der Waals surface area contributed by atoms with E-state index in [1.165, 1.54) is 36.3 Å². The van der Waals surface area contributed by atoms with E-state index in [-0.39, 0.29) is 17.5 Å². The van der Waals surface area contributed by atoms with Crippen LogP contribution in [0, 0.1) is 0 Å². The van der Waals surface area contributed by atoms with Crippen molar-refractivity contribution >= 4 is 18.0 Å². The lowest BCUT2D eigenvalue weighted by molar-refractivity contribution is -0.152. The molecule has 6 nitrogen and oxygen atoms in total. The fraction of sp³-hybridized carbons (Fsp3) is 0.435. The molecule has 2 fully saturated rings. The minimum absolute atomic E-state index is 0.0553. The summed E-state index contributed by atoms with van der Waals surface area (Å²) in [5, 5.41) is 10.9. The zero-order chi connectivity index (χ0) is 23.8. The van der Waals surface area contributed by atoms with Crippen LogP contribution in [0.1, 0.15) is 17.5 Å². The Morgan fingerprint density at radius 3 is 2.12 bits per heavy atom. The minimum atomic E-state index is -4.67. The molecule has 1 heterocycles. The molecular weight excluding hydrogens is 457 g/mol. The Kier molecular flexibility index (Phi) is 6.63. The topological polar surface area (TPSA) is 71.0 Å². The molecule has 0 unspecified atom stereocenters. The van der Waals surface area contributed by atoms with Crippen molar-refractivity contribution in [3.63, 3.8) is 0 Å². The molecule has 4 rings (SSSR count). The van der Waals surface area contributed by atoms with Gasteiger partial charge in [-0.15, -0.1) is 0 Å². The highest BCUT2D eigenvalue weighted by molar-refractivity contribution is 7.98. The standard InChI is InChI=1S/C23H25F3N2O4S/c1-28-18-17(31-2)13-16(19(29)20(18)32-21(28)30)27-33-22(23(24,25)26,14-9-5-3-6-10-14)15-11-7-4-8-12-15/h3-12,16-20,27,29H,13H2,1-2H3/t16-,17-,18+,19+,20+/m0/s1. The predicted octanol–water partition coefficient (Wildman–Crippen LogP) is 3.70. The lowest BCUT2D eigenvalue weighted by Crippen LogP contribution is -2.61. The maximum absolute atomic E-state index is 14.8. The zero-order valence-corrected chi connectivity index (χ0v) is 18.8. The summed E-state index contributed by atoms with van der Waals surface area (Å²) in [5.74, 6) is 0. The van der Waals surface area contributed by atoms with Crippen molar-refractivity contribution in [2.75, 3.05) is 14.2 Å². The number of aliphatic hydroxyl groups excluding tert-OH is 1. The van der Waals surface area contributed by atoms with E-state index in [1.54, 1.807) is 43.4 Å². The van der Waals surface area contributed by atoms with Crippen LogP contribution in [0.5, 0.6) is 0 Å². The molecule has 5 atom stereocenters. The van der Waals surface area contributed by atoms with Crippen molar-refractivity contribution in [3.05, 3.63) is 71.8 Å². The Balaban J connectivity index is 1.69. The first-order chi connectivity index (χ1) is 15.7. The number of benzene rings is 2. The van der Waals surface area contributed by atoms with Crippen molar-refractivity contribution in [3.8, 4) is 0 Å². The molecule has 0 spiro atoms. The number of carbonyl (C=O) groups is 1. The monoisotopic (exact) mass is 482 g/mol. The molecule has 10 heteroatoms. The molecule has 2 aliphatic rings. The highest BCUT2D eigenvalue weighted by Gasteiger charge is 2.60. The molecule has 1 aliphatic heterocycles. The number of hydrogen-bond donors (Lipinski definition) is 2. The molecule has 1 amide bonds. The minimum Gasteiger partial charge on any atom is -0.441 e. The summed E-state index contributed by atoms with van der Waals surface area (Å²) < 4.78 is 55.8. The summed E-state index contributed by atoms with van der Waals surface area (Å²) in [6, 6.07) is 14.0. The summed E-state index contributed by atoms with van der Waals surface area (Å²) >= 11 is 0.496. The Bertz CT molecular complexity index is 924. The van der Waals surface area contributed by atoms with Gasteiger partial charge in [-0.25, -0.2) is 4.79 Å². The van der Waals surface area contributed by atoms with Crippen LogP contribution in [0.25, 0.3) is 0 Å². The number of carbonyl (C=O) groups excluding carboxylic acids is 1. The smallest absolute Gasteiger partial charge is 0.412 e. The molecule has 1 saturated carbocycles. The number of methoxy groups -OCH3 is 1. The average Bonchev–Trinajstić information content (AvgIpc) is 3.11. The molecular formula is C23H25F3N2O4S. The van der Waals surface area contributed by atoms with Gasteiger partial charge in [0.05, 0.1) is 6.10 Å². The third-order valence-electron chi connectivity index (χ3n) is 6.35. The van der Waals surface area contributed by atoms with Crippen molar-refractivity contribution in [1.82, 2.24) is 9.62 Å². The summed E-state index contributed by atoms with van der Waals surface area (Å²) in [6.07, 6.45) is -7.70. The molecule has 1 saturated heterocycles. The van der Waals surface area contributed by atoms with E-state index < -0.39 is 47.4 Å². The van der Waals surface area contributed by atoms with Crippen molar-refractivity contribution in [2.24, 2.45) is 0 Å². The van der Waals surface area contributed by atoms with E-state index in [0.29, 0.717) is 11.9 Å². The lowest BCUT2D eigenvalue weighted by atomic mass is 9.84. The number of fused-ring (bicyclic) bond motifs is 1. The zero-order valence-electron chi connectivity index (χ0n) is 18.0. The Labute approximate surface area is 194 Å². The largest absolute Gasteiger partial charge is 0.441 e. The van der Waals surface area contributed by atoms with Crippen LogP contribution >= 0.6 is 11.9 Å². The van der Waals surface area contributed by atoms with E-state index in [4.69, 9.17) is 9.47 Å². The maximum Gasteiger partial charge on any atom is 0.412 e. The molecule has 0 aromatic heterocycles. The number of alkyl halides is 3. The van der Waals surface area contributed by atoms with E-state index in [2.05, 4.69) is 4.72 Å². The van der Waals surface area contributed by atoms with Gasteiger partial charge in [0.15, 0.2) is 10.9 Å². The summed E-state index contributed by atoms with van der Waals surface area (Å²) in [5.41, 5.74) is 0.111. The molecule has 178 valence electrons. The maximum atomic E-state index is 14.8. The quantitative estimate of drug-likeness (QED) is 0.612. The van der Waals surface area contributed by atoms with E-state index >= 15 is 0 Å². The van der Waals surface area contributed by atoms with Crippen LogP contribution in [-0.2, 0) is 14.2 Å². The van der Waals surface area contributed by atoms with Crippen LogP contribution in [0.15, 0.2) is 60.7 Å². The van der Waals surface area contributed by atoms with Gasteiger partial charge in [0, 0.05) is 20.2 Å². The van der Waals surface area contributed by atoms with Gasteiger partial charge < -0.3 is 19.5 Å². The van der Waals surface area contributed by atoms with Gasteiger partial charge in [-0.1, -0.05) is 72.6 Å². The van der Waals surface area contributed by atoms with Gasteiger partial charge in [0.25, 0.3) is 0 Å². The van der Waals surface area contributed by atoms with Crippen LogP contribution < -0.4 is 4.72 Å². The highest BCUT2D eigenvalue weighted by Crippen LogP contribution is 2.53. The van der Waals surface area contributed by atoms with Crippen LogP contribution in [0.3, 0.4) is 0 Å². The number of aliphatic hydroxyl groups is 1. The lowest BCUT2D eigenvalue weighted by Gasteiger charge is -2.43. The van der Waals surface area contributed by atoms with Crippen LogP contribution in [-0.4, -0.2) is 66.8 Å². The summed E-state index contributed by atoms with van der Waals surface area (Å²) in [6.45, 7) is 0. The average molecular weight is 483 g/mol. The third kappa shape index (κ3) is 4.09. The van der Waals surface area contributed by atoms with Crippen LogP contribution in [0.4, 0.5) is 18.0 Å². The van der Waals surface area contributed by atoms with Crippen LogP contribution in [0.2, 0.25) is 0 Å². The number of amides is 1. The number of ether oxygens (including phenoxy) is 2. The summed E-state index contributed by atoms with van der Waals surface area (Å²) in [4.78, 5) is 13.4. The van der Waals surface area contributed by atoms with Gasteiger partial charge in [-0.05, 0) is 17.5 Å². The Morgan fingerprint density at radius 1 is 1.09 bits per heavy atom. The van der Waals surface area contributed by atoms with Gasteiger partial charge in [-0.2, -0.15) is 13.2 Å².